The molecule has 2 heterocycles. The lowest BCUT2D eigenvalue weighted by atomic mass is 10.0. The van der Waals surface area contributed by atoms with Crippen LogP contribution in [-0.2, 0) is 13.7 Å². The summed E-state index contributed by atoms with van der Waals surface area (Å²) in [5, 5.41) is 7.04. The number of carbonyl (C=O) groups is 1. The van der Waals surface area contributed by atoms with Crippen LogP contribution in [-0.4, -0.2) is 34.8 Å². The van der Waals surface area contributed by atoms with Gasteiger partial charge in [0.25, 0.3) is 5.91 Å². The molecule has 1 amide bonds. The quantitative estimate of drug-likeness (QED) is 0.387. The summed E-state index contributed by atoms with van der Waals surface area (Å²) < 4.78 is 23.8. The molecule has 182 valence electrons. The van der Waals surface area contributed by atoms with E-state index in [1.54, 1.807) is 31.5 Å². The summed E-state index contributed by atoms with van der Waals surface area (Å²) in [5.74, 6) is 2.83. The number of ether oxygens (including phenoxy) is 3. The number of carbonyl (C=O) groups excluding carboxylic acids is 1. The monoisotopic (exact) mass is 476 g/mol. The van der Waals surface area contributed by atoms with Crippen LogP contribution in [0.2, 0.25) is 0 Å². The molecule has 0 saturated carbocycles. The zero-order valence-electron chi connectivity index (χ0n) is 20.4. The number of aromatic nitrogens is 3. The Morgan fingerprint density at radius 1 is 1.09 bits per heavy atom. The van der Waals surface area contributed by atoms with Gasteiger partial charge in [0.15, 0.2) is 11.5 Å². The second kappa shape index (κ2) is 10.3. The highest BCUT2D eigenvalue weighted by atomic mass is 16.5. The van der Waals surface area contributed by atoms with Crippen LogP contribution >= 0.6 is 0 Å². The van der Waals surface area contributed by atoms with Crippen molar-refractivity contribution in [1.82, 2.24) is 20.0 Å². The predicted octanol–water partition coefficient (Wildman–Crippen LogP) is 4.14. The Morgan fingerprint density at radius 3 is 2.46 bits per heavy atom. The van der Waals surface area contributed by atoms with Gasteiger partial charge in [-0.05, 0) is 49.7 Å². The molecule has 4 aromatic rings. The summed E-state index contributed by atoms with van der Waals surface area (Å²) in [4.78, 5) is 17.7. The summed E-state index contributed by atoms with van der Waals surface area (Å²) in [7, 11) is 5.04. The minimum absolute atomic E-state index is 0.274. The summed E-state index contributed by atoms with van der Waals surface area (Å²) in [6, 6.07) is 12.1. The van der Waals surface area contributed by atoms with Crippen molar-refractivity contribution < 1.29 is 23.5 Å². The highest BCUT2D eigenvalue weighted by molar-refractivity contribution is 5.95. The summed E-state index contributed by atoms with van der Waals surface area (Å²) in [6.07, 6.45) is 3.54. The van der Waals surface area contributed by atoms with E-state index in [1.165, 1.54) is 7.11 Å². The first-order chi connectivity index (χ1) is 16.9. The Hall–Kier alpha value is -4.27. The molecule has 1 unspecified atom stereocenters. The molecule has 0 saturated heterocycles. The first kappa shape index (κ1) is 23.9. The number of hydrogen-bond acceptors (Lipinski definition) is 7. The molecule has 4 rings (SSSR count). The number of imidazole rings is 1. The molecule has 0 aliphatic heterocycles. The van der Waals surface area contributed by atoms with Crippen LogP contribution in [0.25, 0.3) is 0 Å². The maximum Gasteiger partial charge on any atom is 0.252 e. The number of amides is 1. The number of benzene rings is 2. The minimum Gasteiger partial charge on any atom is -0.497 e. The molecule has 2 aromatic carbocycles. The van der Waals surface area contributed by atoms with Crippen LogP contribution < -0.4 is 19.5 Å². The molecular weight excluding hydrogens is 448 g/mol. The van der Waals surface area contributed by atoms with E-state index >= 15 is 0 Å². The van der Waals surface area contributed by atoms with Crippen molar-refractivity contribution in [3.8, 4) is 17.2 Å². The summed E-state index contributed by atoms with van der Waals surface area (Å²) in [6.45, 7) is 3.98. The maximum absolute atomic E-state index is 13.3. The van der Waals surface area contributed by atoms with Crippen molar-refractivity contribution in [2.75, 3.05) is 14.2 Å². The third-order valence-electron chi connectivity index (χ3n) is 5.82. The van der Waals surface area contributed by atoms with Gasteiger partial charge < -0.3 is 28.6 Å². The fraction of sp³-hybridized carbons (Fsp3) is 0.269. The molecule has 35 heavy (non-hydrogen) atoms. The normalized spacial score (nSPS) is 11.7. The first-order valence-electron chi connectivity index (χ1n) is 11.1. The molecule has 1 N–H and O–H groups in total. The van der Waals surface area contributed by atoms with E-state index in [-0.39, 0.29) is 12.5 Å². The second-order valence-corrected chi connectivity index (χ2v) is 8.03. The van der Waals surface area contributed by atoms with Crippen LogP contribution in [0.4, 0.5) is 0 Å². The van der Waals surface area contributed by atoms with E-state index in [4.69, 9.17) is 18.7 Å². The Labute approximate surface area is 203 Å². The van der Waals surface area contributed by atoms with Gasteiger partial charge in [-0.1, -0.05) is 17.3 Å². The Balaban J connectivity index is 1.56. The lowest BCUT2D eigenvalue weighted by molar-refractivity contribution is 0.0940. The van der Waals surface area contributed by atoms with Gasteiger partial charge in [0, 0.05) is 25.0 Å². The van der Waals surface area contributed by atoms with Crippen molar-refractivity contribution in [3.05, 3.63) is 88.8 Å². The van der Waals surface area contributed by atoms with Gasteiger partial charge in [-0.2, -0.15) is 0 Å². The van der Waals surface area contributed by atoms with E-state index < -0.39 is 6.04 Å². The Bertz CT molecular complexity index is 1290. The van der Waals surface area contributed by atoms with Crippen LogP contribution in [0.1, 0.15) is 44.8 Å². The zero-order chi connectivity index (χ0) is 24.9. The van der Waals surface area contributed by atoms with Crippen molar-refractivity contribution in [3.63, 3.8) is 0 Å². The molecule has 0 spiro atoms. The molecule has 0 fully saturated rings. The van der Waals surface area contributed by atoms with E-state index in [9.17, 15) is 4.79 Å². The molecule has 0 radical (unpaired) electrons. The van der Waals surface area contributed by atoms with E-state index in [2.05, 4.69) is 15.5 Å². The van der Waals surface area contributed by atoms with E-state index in [0.717, 1.165) is 22.6 Å². The van der Waals surface area contributed by atoms with Crippen molar-refractivity contribution in [2.45, 2.75) is 26.5 Å². The van der Waals surface area contributed by atoms with Crippen LogP contribution in [0.3, 0.4) is 0 Å². The predicted molar refractivity (Wildman–Crippen MR) is 129 cm³/mol. The molecule has 2 aromatic heterocycles. The van der Waals surface area contributed by atoms with Crippen molar-refractivity contribution in [2.24, 2.45) is 7.05 Å². The first-order valence-corrected chi connectivity index (χ1v) is 11.1. The summed E-state index contributed by atoms with van der Waals surface area (Å²) in [5.41, 5.74) is 2.96. The molecule has 9 nitrogen and oxygen atoms in total. The van der Waals surface area contributed by atoms with Gasteiger partial charge in [0.2, 0.25) is 0 Å². The topological polar surface area (TPSA) is 101 Å². The zero-order valence-corrected chi connectivity index (χ0v) is 20.4. The lowest BCUT2D eigenvalue weighted by Crippen LogP contribution is -2.31. The molecule has 0 aliphatic rings. The summed E-state index contributed by atoms with van der Waals surface area (Å²) >= 11 is 0. The van der Waals surface area contributed by atoms with Gasteiger partial charge in [-0.3, -0.25) is 4.79 Å². The maximum atomic E-state index is 13.3. The highest BCUT2D eigenvalue weighted by Gasteiger charge is 2.22. The van der Waals surface area contributed by atoms with Crippen molar-refractivity contribution in [1.29, 1.82) is 0 Å². The fourth-order valence-electron chi connectivity index (χ4n) is 3.75. The fourth-order valence-corrected chi connectivity index (χ4v) is 3.75. The molecular formula is C26H28N4O5. The van der Waals surface area contributed by atoms with Gasteiger partial charge in [0.1, 0.15) is 30.0 Å². The third kappa shape index (κ3) is 5.13. The van der Waals surface area contributed by atoms with Crippen molar-refractivity contribution >= 4 is 5.91 Å². The second-order valence-electron chi connectivity index (χ2n) is 8.03. The molecule has 1 atom stereocenters. The number of nitrogens with one attached hydrogen (secondary N) is 1. The van der Waals surface area contributed by atoms with Gasteiger partial charge in [-0.25, -0.2) is 4.98 Å². The highest BCUT2D eigenvalue weighted by Crippen LogP contribution is 2.30. The van der Waals surface area contributed by atoms with Crippen LogP contribution in [0.5, 0.6) is 17.2 Å². The van der Waals surface area contributed by atoms with Gasteiger partial charge in [0.05, 0.1) is 25.5 Å². The smallest absolute Gasteiger partial charge is 0.252 e. The van der Waals surface area contributed by atoms with E-state index in [0.29, 0.717) is 28.6 Å². The van der Waals surface area contributed by atoms with E-state index in [1.807, 2.05) is 55.9 Å². The Morgan fingerprint density at radius 2 is 1.86 bits per heavy atom. The number of nitrogens with zero attached hydrogens (tertiary/aromatic N) is 3. The number of methoxy groups -OCH3 is 2. The minimum atomic E-state index is -0.463. The molecule has 9 heteroatoms. The average Bonchev–Trinajstić information content (AvgIpc) is 3.45. The average molecular weight is 477 g/mol. The van der Waals surface area contributed by atoms with Gasteiger partial charge in [-0.15, -0.1) is 0 Å². The Kier molecular flexibility index (Phi) is 7.05. The van der Waals surface area contributed by atoms with Crippen LogP contribution in [0, 0.1) is 13.8 Å². The molecule has 0 bridgehead atoms. The van der Waals surface area contributed by atoms with Gasteiger partial charge >= 0.3 is 0 Å². The number of hydrogen-bond donors (Lipinski definition) is 1. The van der Waals surface area contributed by atoms with Crippen LogP contribution in [0.15, 0.2) is 59.4 Å². The standard InChI is InChI=1S/C26H28N4O5/c1-16-21(17(2)35-29-16)15-34-22-11-8-19(14-23(22)33-5)26(31)28-24(25-27-12-13-30(25)3)18-6-9-20(32-4)10-7-18/h6-14,24H,15H2,1-5H3,(H,28,31). The third-order valence-corrected chi connectivity index (χ3v) is 5.82. The lowest BCUT2D eigenvalue weighted by Gasteiger charge is -2.20. The molecule has 0 aliphatic carbocycles. The SMILES string of the molecule is COc1ccc(C(NC(=O)c2ccc(OCc3c(C)noc3C)c(OC)c2)c2nccn2C)cc1. The largest absolute Gasteiger partial charge is 0.497 e. The number of rotatable bonds is 9. The number of aryl methyl sites for hydroxylation is 3.